The van der Waals surface area contributed by atoms with Crippen LogP contribution in [0.25, 0.3) is 11.5 Å². The largest absolute Gasteiger partial charge is 0.486 e. The van der Waals surface area contributed by atoms with Crippen molar-refractivity contribution in [3.8, 4) is 23.0 Å². The molecule has 3 aromatic rings. The molecule has 31 heavy (non-hydrogen) atoms. The standard InChI is InChI=1S/C23H24N4O4/c1-14(2)22(17-13-21(29)27-23(25-17)16-5-3-4-8-24-16)26-20(28)12-15-6-7-18-19(11-15)31-10-9-30-18/h3-8,11,13-14,22H,9-10,12H2,1-2H3,(H,26,28)(H,25,27,29)/t22-/m1/s1. The molecule has 0 fully saturated rings. The van der Waals surface area contributed by atoms with Gasteiger partial charge in [-0.15, -0.1) is 0 Å². The predicted octanol–water partition coefficient (Wildman–Crippen LogP) is 2.66. The van der Waals surface area contributed by atoms with Crippen molar-refractivity contribution >= 4 is 5.91 Å². The zero-order chi connectivity index (χ0) is 21.8. The van der Waals surface area contributed by atoms with Crippen molar-refractivity contribution in [2.75, 3.05) is 13.2 Å². The second-order valence-electron chi connectivity index (χ2n) is 7.68. The van der Waals surface area contributed by atoms with Crippen molar-refractivity contribution in [2.45, 2.75) is 26.3 Å². The third-order valence-corrected chi connectivity index (χ3v) is 4.94. The van der Waals surface area contributed by atoms with Gasteiger partial charge in [0.15, 0.2) is 17.3 Å². The van der Waals surface area contributed by atoms with Crippen LogP contribution >= 0.6 is 0 Å². The fraction of sp³-hybridized carbons (Fsp3) is 0.304. The molecule has 0 saturated carbocycles. The zero-order valence-corrected chi connectivity index (χ0v) is 17.4. The number of ether oxygens (including phenoxy) is 2. The number of aromatic nitrogens is 3. The molecule has 4 rings (SSSR count). The van der Waals surface area contributed by atoms with Gasteiger partial charge in [0.05, 0.1) is 18.2 Å². The Balaban J connectivity index is 1.54. The molecule has 8 nitrogen and oxygen atoms in total. The summed E-state index contributed by atoms with van der Waals surface area (Å²) in [6, 6.07) is 11.9. The van der Waals surface area contributed by atoms with Crippen LogP contribution in [0.15, 0.2) is 53.5 Å². The molecule has 0 saturated heterocycles. The van der Waals surface area contributed by atoms with Crippen LogP contribution in [-0.4, -0.2) is 34.1 Å². The van der Waals surface area contributed by atoms with Crippen molar-refractivity contribution in [1.29, 1.82) is 0 Å². The quantitative estimate of drug-likeness (QED) is 0.635. The molecule has 8 heteroatoms. The van der Waals surface area contributed by atoms with Crippen LogP contribution in [-0.2, 0) is 11.2 Å². The Morgan fingerprint density at radius 2 is 1.94 bits per heavy atom. The van der Waals surface area contributed by atoms with E-state index in [4.69, 9.17) is 9.47 Å². The van der Waals surface area contributed by atoms with E-state index in [0.717, 1.165) is 5.56 Å². The Kier molecular flexibility index (Phi) is 5.97. The number of pyridine rings is 1. The van der Waals surface area contributed by atoms with Crippen molar-refractivity contribution in [3.63, 3.8) is 0 Å². The molecule has 1 aliphatic heterocycles. The molecule has 1 atom stereocenters. The third kappa shape index (κ3) is 4.91. The Morgan fingerprint density at radius 1 is 1.13 bits per heavy atom. The summed E-state index contributed by atoms with van der Waals surface area (Å²) in [7, 11) is 0. The third-order valence-electron chi connectivity index (χ3n) is 4.94. The lowest BCUT2D eigenvalue weighted by Crippen LogP contribution is -2.34. The highest BCUT2D eigenvalue weighted by atomic mass is 16.6. The maximum absolute atomic E-state index is 12.8. The van der Waals surface area contributed by atoms with Crippen LogP contribution in [0.5, 0.6) is 11.5 Å². The number of amides is 1. The second-order valence-corrected chi connectivity index (χ2v) is 7.68. The number of H-pyrrole nitrogens is 1. The van der Waals surface area contributed by atoms with Crippen molar-refractivity contribution < 1.29 is 14.3 Å². The first-order valence-electron chi connectivity index (χ1n) is 10.2. The summed E-state index contributed by atoms with van der Waals surface area (Å²) < 4.78 is 11.1. The molecule has 0 radical (unpaired) electrons. The number of hydrogen-bond acceptors (Lipinski definition) is 6. The fourth-order valence-electron chi connectivity index (χ4n) is 3.45. The molecule has 1 aliphatic rings. The number of carbonyl (C=O) groups is 1. The van der Waals surface area contributed by atoms with Crippen LogP contribution in [0.1, 0.15) is 31.1 Å². The van der Waals surface area contributed by atoms with E-state index in [2.05, 4.69) is 20.3 Å². The van der Waals surface area contributed by atoms with E-state index >= 15 is 0 Å². The van der Waals surface area contributed by atoms with E-state index < -0.39 is 6.04 Å². The first-order chi connectivity index (χ1) is 15.0. The Labute approximate surface area is 179 Å². The summed E-state index contributed by atoms with van der Waals surface area (Å²) in [5.74, 6) is 1.56. The molecule has 160 valence electrons. The van der Waals surface area contributed by atoms with Gasteiger partial charge in [-0.2, -0.15) is 0 Å². The van der Waals surface area contributed by atoms with Gasteiger partial charge in [-0.05, 0) is 35.7 Å². The van der Waals surface area contributed by atoms with E-state index in [1.165, 1.54) is 6.07 Å². The lowest BCUT2D eigenvalue weighted by molar-refractivity contribution is -0.121. The number of fused-ring (bicyclic) bond motifs is 1. The van der Waals surface area contributed by atoms with Crippen LogP contribution in [0.3, 0.4) is 0 Å². The Hall–Kier alpha value is -3.68. The predicted molar refractivity (Wildman–Crippen MR) is 115 cm³/mol. The molecule has 1 amide bonds. The summed E-state index contributed by atoms with van der Waals surface area (Å²) in [6.07, 6.45) is 1.81. The summed E-state index contributed by atoms with van der Waals surface area (Å²) in [5, 5.41) is 3.02. The van der Waals surface area contributed by atoms with E-state index in [9.17, 15) is 9.59 Å². The smallest absolute Gasteiger partial charge is 0.251 e. The fourth-order valence-corrected chi connectivity index (χ4v) is 3.45. The number of aromatic amines is 1. The van der Waals surface area contributed by atoms with Gasteiger partial charge in [-0.25, -0.2) is 4.98 Å². The van der Waals surface area contributed by atoms with Crippen molar-refractivity contribution in [1.82, 2.24) is 20.3 Å². The average molecular weight is 420 g/mol. The monoisotopic (exact) mass is 420 g/mol. The number of carbonyl (C=O) groups excluding carboxylic acids is 1. The van der Waals surface area contributed by atoms with E-state index in [-0.39, 0.29) is 23.8 Å². The first kappa shape index (κ1) is 20.6. The summed E-state index contributed by atoms with van der Waals surface area (Å²) in [4.78, 5) is 36.6. The molecular formula is C23H24N4O4. The summed E-state index contributed by atoms with van der Waals surface area (Å²) in [5.41, 5.74) is 1.58. The molecule has 0 bridgehead atoms. The van der Waals surface area contributed by atoms with Gasteiger partial charge >= 0.3 is 0 Å². The maximum Gasteiger partial charge on any atom is 0.251 e. The number of benzene rings is 1. The minimum absolute atomic E-state index is 0.0232. The van der Waals surface area contributed by atoms with Gasteiger partial charge in [-0.1, -0.05) is 26.0 Å². The molecule has 2 aromatic heterocycles. The van der Waals surface area contributed by atoms with Gasteiger partial charge in [0, 0.05) is 12.3 Å². The summed E-state index contributed by atoms with van der Waals surface area (Å²) >= 11 is 0. The Morgan fingerprint density at radius 3 is 2.68 bits per heavy atom. The van der Waals surface area contributed by atoms with Crippen LogP contribution in [0.2, 0.25) is 0 Å². The minimum Gasteiger partial charge on any atom is -0.486 e. The van der Waals surface area contributed by atoms with Gasteiger partial charge in [0.25, 0.3) is 5.56 Å². The molecule has 1 aromatic carbocycles. The molecule has 0 unspecified atom stereocenters. The SMILES string of the molecule is CC(C)[C@@H](NC(=O)Cc1ccc2c(c1)OCCO2)c1cc(=O)[nH]c(-c2ccccn2)n1. The highest BCUT2D eigenvalue weighted by molar-refractivity contribution is 5.79. The molecule has 0 aliphatic carbocycles. The van der Waals surface area contributed by atoms with Crippen molar-refractivity contribution in [2.24, 2.45) is 5.92 Å². The lowest BCUT2D eigenvalue weighted by Gasteiger charge is -2.23. The first-order valence-corrected chi connectivity index (χ1v) is 10.2. The minimum atomic E-state index is -0.422. The maximum atomic E-state index is 12.8. The second kappa shape index (κ2) is 8.99. The van der Waals surface area contributed by atoms with Gasteiger partial charge in [0.1, 0.15) is 18.9 Å². The highest BCUT2D eigenvalue weighted by Gasteiger charge is 2.22. The average Bonchev–Trinajstić information content (AvgIpc) is 2.77. The highest BCUT2D eigenvalue weighted by Crippen LogP contribution is 2.31. The number of hydrogen-bond donors (Lipinski definition) is 2. The molecule has 3 heterocycles. The number of nitrogens with one attached hydrogen (secondary N) is 2. The van der Waals surface area contributed by atoms with Crippen LogP contribution < -0.4 is 20.3 Å². The van der Waals surface area contributed by atoms with E-state index in [0.29, 0.717) is 41.9 Å². The van der Waals surface area contributed by atoms with Crippen LogP contribution in [0.4, 0.5) is 0 Å². The topological polar surface area (TPSA) is 106 Å². The lowest BCUT2D eigenvalue weighted by atomic mass is 9.99. The summed E-state index contributed by atoms with van der Waals surface area (Å²) in [6.45, 7) is 4.95. The van der Waals surface area contributed by atoms with Crippen LogP contribution in [0, 0.1) is 5.92 Å². The van der Waals surface area contributed by atoms with E-state index in [1.807, 2.05) is 38.1 Å². The number of nitrogens with zero attached hydrogens (tertiary/aromatic N) is 2. The molecular weight excluding hydrogens is 396 g/mol. The van der Waals surface area contributed by atoms with Crippen molar-refractivity contribution in [3.05, 3.63) is 70.3 Å². The van der Waals surface area contributed by atoms with Gasteiger partial charge in [-0.3, -0.25) is 14.6 Å². The molecule has 0 spiro atoms. The van der Waals surface area contributed by atoms with Gasteiger partial charge in [0.2, 0.25) is 5.91 Å². The zero-order valence-electron chi connectivity index (χ0n) is 17.4. The number of rotatable bonds is 6. The Bertz CT molecular complexity index is 1130. The van der Waals surface area contributed by atoms with E-state index in [1.54, 1.807) is 18.3 Å². The van der Waals surface area contributed by atoms with Gasteiger partial charge < -0.3 is 19.8 Å². The normalized spacial score (nSPS) is 13.6. The molecule has 2 N–H and O–H groups in total.